The number of phenols is 1. The first kappa shape index (κ1) is 22.3. The summed E-state index contributed by atoms with van der Waals surface area (Å²) in [6, 6.07) is 35.8. The smallest absolute Gasteiger partial charge is 0.339 e. The summed E-state index contributed by atoms with van der Waals surface area (Å²) >= 11 is 0. The van der Waals surface area contributed by atoms with Gasteiger partial charge in [0.25, 0.3) is 0 Å². The number of hydrogen-bond donors (Lipinski definition) is 1. The average Bonchev–Trinajstić information content (AvgIpc) is 3.36. The third-order valence-electron chi connectivity index (χ3n) is 6.36. The molecule has 1 fully saturated rings. The zero-order valence-electron chi connectivity index (χ0n) is 18.9. The van der Waals surface area contributed by atoms with Gasteiger partial charge in [-0.2, -0.15) is 0 Å². The van der Waals surface area contributed by atoms with Crippen LogP contribution in [0.1, 0.15) is 41.6 Å². The van der Waals surface area contributed by atoms with E-state index in [1.165, 1.54) is 9.79 Å². The van der Waals surface area contributed by atoms with Crippen molar-refractivity contribution in [3.05, 3.63) is 120 Å². The highest BCUT2D eigenvalue weighted by atomic mass is 32.2. The molecule has 1 aliphatic carbocycles. The second kappa shape index (κ2) is 9.78. The minimum absolute atomic E-state index is 0.193. The van der Waals surface area contributed by atoms with E-state index >= 15 is 0 Å². The summed E-state index contributed by atoms with van der Waals surface area (Å²) in [4.78, 5) is 16.8. The lowest BCUT2D eigenvalue weighted by molar-refractivity contribution is -0.0184. The van der Waals surface area contributed by atoms with Gasteiger partial charge in [-0.05, 0) is 91.9 Å². The number of esters is 1. The molecule has 34 heavy (non-hydrogen) atoms. The molecule has 5 rings (SSSR count). The maximum absolute atomic E-state index is 13.2. The van der Waals surface area contributed by atoms with Gasteiger partial charge in [-0.25, -0.2) is 4.79 Å². The Morgan fingerprint density at radius 1 is 0.706 bits per heavy atom. The summed E-state index contributed by atoms with van der Waals surface area (Å²) < 4.78 is 6.15. The van der Waals surface area contributed by atoms with E-state index in [1.54, 1.807) is 12.1 Å². The predicted octanol–water partition coefficient (Wildman–Crippen LogP) is 7.11. The second-order valence-corrected chi connectivity index (χ2v) is 10.6. The number of carbonyl (C=O) groups excluding carboxylic acids is 1. The van der Waals surface area contributed by atoms with Crippen molar-refractivity contribution in [1.82, 2.24) is 0 Å². The van der Waals surface area contributed by atoms with Gasteiger partial charge in [0.1, 0.15) is 11.4 Å². The largest absolute Gasteiger partial charge is 0.508 e. The van der Waals surface area contributed by atoms with Crippen LogP contribution in [0, 0.1) is 0 Å². The molecule has 0 spiro atoms. The van der Waals surface area contributed by atoms with Crippen LogP contribution in [0.15, 0.2) is 124 Å². The number of rotatable bonds is 6. The van der Waals surface area contributed by atoms with Crippen molar-refractivity contribution >= 4 is 16.9 Å². The molecule has 1 saturated carbocycles. The van der Waals surface area contributed by atoms with Crippen LogP contribution in [-0.4, -0.2) is 11.1 Å². The van der Waals surface area contributed by atoms with Crippen LogP contribution in [0.5, 0.6) is 5.75 Å². The molecule has 4 heteroatoms. The van der Waals surface area contributed by atoms with E-state index < -0.39 is 5.60 Å². The van der Waals surface area contributed by atoms with E-state index in [0.29, 0.717) is 5.56 Å². The van der Waals surface area contributed by atoms with Crippen LogP contribution in [-0.2, 0) is 21.2 Å². The molecule has 0 bridgehead atoms. The van der Waals surface area contributed by atoms with E-state index in [1.807, 2.05) is 48.5 Å². The average molecular weight is 468 g/mol. The van der Waals surface area contributed by atoms with Crippen LogP contribution in [0.3, 0.4) is 0 Å². The molecule has 0 atom stereocenters. The molecule has 1 N–H and O–H groups in total. The van der Waals surface area contributed by atoms with Crippen molar-refractivity contribution in [2.45, 2.75) is 46.0 Å². The second-order valence-electron chi connectivity index (χ2n) is 8.60. The minimum Gasteiger partial charge on any atom is -0.508 e. The normalized spacial score (nSPS) is 14.7. The van der Waals surface area contributed by atoms with Gasteiger partial charge in [0.2, 0.25) is 0 Å². The van der Waals surface area contributed by atoms with Gasteiger partial charge < -0.3 is 9.84 Å². The molecule has 0 saturated heterocycles. The highest BCUT2D eigenvalue weighted by molar-refractivity contribution is 7.97. The standard InChI is InChI=1S/C30H26O3S/c31-25-11-9-10-24(22-25)30(20-7-8-21-30)33-29(32)23-16-18-28(19-17-23)34(26-12-3-1-4-13-26)27-14-5-2-6-15-27/h1-6,9-19,22H,7-8,20-21H2/p+1. The first-order valence-corrected chi connectivity index (χ1v) is 12.8. The molecule has 0 aliphatic heterocycles. The van der Waals surface area contributed by atoms with Gasteiger partial charge in [-0.15, -0.1) is 0 Å². The lowest BCUT2D eigenvalue weighted by Gasteiger charge is -2.29. The van der Waals surface area contributed by atoms with Crippen molar-refractivity contribution in [3.8, 4) is 5.75 Å². The Morgan fingerprint density at radius 2 is 1.26 bits per heavy atom. The molecule has 0 heterocycles. The molecular weight excluding hydrogens is 440 g/mol. The van der Waals surface area contributed by atoms with Crippen LogP contribution in [0.4, 0.5) is 0 Å². The van der Waals surface area contributed by atoms with Gasteiger partial charge in [0, 0.05) is 0 Å². The fourth-order valence-electron chi connectivity index (χ4n) is 4.67. The number of hydrogen-bond acceptors (Lipinski definition) is 3. The van der Waals surface area contributed by atoms with Gasteiger partial charge in [0.15, 0.2) is 14.7 Å². The topological polar surface area (TPSA) is 46.5 Å². The summed E-state index contributed by atoms with van der Waals surface area (Å²) in [5.74, 6) is -0.130. The Balaban J connectivity index is 1.42. The molecule has 1 aliphatic rings. The fourth-order valence-corrected chi connectivity index (χ4v) is 6.75. The Bertz CT molecular complexity index is 1210. The molecule has 3 nitrogen and oxygen atoms in total. The van der Waals surface area contributed by atoms with Crippen LogP contribution in [0.25, 0.3) is 0 Å². The van der Waals surface area contributed by atoms with Crippen LogP contribution >= 0.6 is 0 Å². The van der Waals surface area contributed by atoms with E-state index in [-0.39, 0.29) is 22.6 Å². The first-order chi connectivity index (χ1) is 16.6. The fraction of sp³-hybridized carbons (Fsp3) is 0.167. The number of aromatic hydroxyl groups is 1. The van der Waals surface area contributed by atoms with Gasteiger partial charge >= 0.3 is 5.97 Å². The highest BCUT2D eigenvalue weighted by Crippen LogP contribution is 2.43. The number of benzene rings is 4. The quantitative estimate of drug-likeness (QED) is 0.243. The molecule has 4 aromatic rings. The van der Waals surface area contributed by atoms with Gasteiger partial charge in [-0.1, -0.05) is 48.5 Å². The minimum atomic E-state index is -0.674. The molecular formula is C30H27O3S+. The van der Waals surface area contributed by atoms with E-state index in [4.69, 9.17) is 4.74 Å². The SMILES string of the molecule is O=C(OC1(c2cccc(O)c2)CCCC1)c1ccc([S+](c2ccccc2)c2ccccc2)cc1. The molecule has 0 radical (unpaired) electrons. The summed E-state index contributed by atoms with van der Waals surface area (Å²) in [6.07, 6.45) is 3.54. The monoisotopic (exact) mass is 467 g/mol. The van der Waals surface area contributed by atoms with Crippen molar-refractivity contribution in [3.63, 3.8) is 0 Å². The van der Waals surface area contributed by atoms with Crippen molar-refractivity contribution in [2.24, 2.45) is 0 Å². The number of phenolic OH excluding ortho intramolecular Hbond substituents is 1. The van der Waals surface area contributed by atoms with Crippen molar-refractivity contribution in [2.75, 3.05) is 0 Å². The summed E-state index contributed by atoms with van der Waals surface area (Å²) in [7, 11) is -0.261. The molecule has 0 unspecified atom stereocenters. The summed E-state index contributed by atoms with van der Waals surface area (Å²) in [5.41, 5.74) is 0.733. The Hall–Kier alpha value is -3.50. The maximum atomic E-state index is 13.2. The lowest BCUT2D eigenvalue weighted by Crippen LogP contribution is -2.29. The molecule has 4 aromatic carbocycles. The van der Waals surface area contributed by atoms with Crippen molar-refractivity contribution < 1.29 is 14.6 Å². The first-order valence-electron chi connectivity index (χ1n) is 11.6. The van der Waals surface area contributed by atoms with Crippen LogP contribution < -0.4 is 0 Å². The van der Waals surface area contributed by atoms with Crippen LogP contribution in [0.2, 0.25) is 0 Å². The molecule has 0 amide bonds. The Morgan fingerprint density at radius 3 is 1.82 bits per heavy atom. The summed E-state index contributed by atoms with van der Waals surface area (Å²) in [5, 5.41) is 9.97. The molecule has 170 valence electrons. The zero-order chi connectivity index (χ0) is 23.4. The Labute approximate surface area is 203 Å². The Kier molecular flexibility index (Phi) is 6.41. The van der Waals surface area contributed by atoms with Gasteiger partial charge in [-0.3, -0.25) is 0 Å². The summed E-state index contributed by atoms with van der Waals surface area (Å²) in [6.45, 7) is 0. The predicted molar refractivity (Wildman–Crippen MR) is 135 cm³/mol. The van der Waals surface area contributed by atoms with Gasteiger partial charge in [0.05, 0.1) is 16.5 Å². The zero-order valence-corrected chi connectivity index (χ0v) is 19.7. The van der Waals surface area contributed by atoms with Crippen molar-refractivity contribution in [1.29, 1.82) is 0 Å². The lowest BCUT2D eigenvalue weighted by atomic mass is 9.91. The van der Waals surface area contributed by atoms with E-state index in [9.17, 15) is 9.90 Å². The van der Waals surface area contributed by atoms with E-state index in [0.717, 1.165) is 36.1 Å². The number of carbonyl (C=O) groups is 1. The third kappa shape index (κ3) is 4.59. The number of ether oxygens (including phenoxy) is 1. The molecule has 0 aromatic heterocycles. The maximum Gasteiger partial charge on any atom is 0.339 e. The third-order valence-corrected chi connectivity index (χ3v) is 8.59. The van der Waals surface area contributed by atoms with E-state index in [2.05, 4.69) is 48.5 Å². The highest BCUT2D eigenvalue weighted by Gasteiger charge is 2.40.